The molecule has 1 rings (SSSR count). The summed E-state index contributed by atoms with van der Waals surface area (Å²) < 4.78 is 18.3. The summed E-state index contributed by atoms with van der Waals surface area (Å²) in [5.41, 5.74) is 5.82. The second-order valence-electron chi connectivity index (χ2n) is 3.29. The minimum atomic E-state index is -0.980. The minimum absolute atomic E-state index is 0.0486. The highest BCUT2D eigenvalue weighted by molar-refractivity contribution is 6.30. The Bertz CT molecular complexity index is 358. The van der Waals surface area contributed by atoms with E-state index in [1.54, 1.807) is 6.92 Å². The Morgan fingerprint density at radius 3 is 2.60 bits per heavy atom. The molecule has 84 valence electrons. The molecular formula is C10H13ClFNO2. The lowest BCUT2D eigenvalue weighted by atomic mass is 10.0. The number of ether oxygens (including phenoxy) is 1. The molecule has 0 aliphatic heterocycles. The van der Waals surface area contributed by atoms with Gasteiger partial charge in [0.1, 0.15) is 0 Å². The van der Waals surface area contributed by atoms with Crippen molar-refractivity contribution in [1.29, 1.82) is 0 Å². The lowest BCUT2D eigenvalue weighted by Crippen LogP contribution is -2.25. The van der Waals surface area contributed by atoms with Crippen molar-refractivity contribution in [2.24, 2.45) is 5.73 Å². The van der Waals surface area contributed by atoms with Gasteiger partial charge in [-0.05, 0) is 13.0 Å². The molecule has 1 aromatic rings. The number of aliphatic hydroxyl groups is 1. The molecule has 3 nitrogen and oxygen atoms in total. The van der Waals surface area contributed by atoms with Crippen LogP contribution in [0, 0.1) is 5.82 Å². The molecule has 0 amide bonds. The highest BCUT2D eigenvalue weighted by Gasteiger charge is 2.21. The van der Waals surface area contributed by atoms with Crippen LogP contribution in [0.5, 0.6) is 5.75 Å². The summed E-state index contributed by atoms with van der Waals surface area (Å²) in [4.78, 5) is 0. The normalized spacial score (nSPS) is 14.8. The number of rotatable bonds is 3. The van der Waals surface area contributed by atoms with Gasteiger partial charge in [0, 0.05) is 11.6 Å². The smallest absolute Gasteiger partial charge is 0.183 e. The summed E-state index contributed by atoms with van der Waals surface area (Å²) in [5.74, 6) is -0.747. The van der Waals surface area contributed by atoms with Crippen LogP contribution in [0.4, 0.5) is 4.39 Å². The third-order valence-corrected chi connectivity index (χ3v) is 2.39. The predicted octanol–water partition coefficient (Wildman–Crippen LogP) is 1.87. The Morgan fingerprint density at radius 1 is 1.53 bits per heavy atom. The van der Waals surface area contributed by atoms with Gasteiger partial charge >= 0.3 is 0 Å². The maximum atomic E-state index is 13.5. The molecule has 0 aliphatic carbocycles. The van der Waals surface area contributed by atoms with Crippen LogP contribution in [0.15, 0.2) is 12.1 Å². The van der Waals surface area contributed by atoms with Crippen LogP contribution >= 0.6 is 11.6 Å². The predicted molar refractivity (Wildman–Crippen MR) is 56.6 cm³/mol. The average molecular weight is 234 g/mol. The third-order valence-electron chi connectivity index (χ3n) is 2.10. The standard InChI is InChI=1S/C10H13ClFNO2/c1-5(13)9(14)6-3-4-7(11)8(12)10(6)15-2/h3-5,9,14H,13H2,1-2H3. The van der Waals surface area contributed by atoms with E-state index >= 15 is 0 Å². The Morgan fingerprint density at radius 2 is 2.13 bits per heavy atom. The molecule has 5 heteroatoms. The van der Waals surface area contributed by atoms with Gasteiger partial charge in [-0.25, -0.2) is 4.39 Å². The van der Waals surface area contributed by atoms with Crippen molar-refractivity contribution in [3.05, 3.63) is 28.5 Å². The number of hydrogen-bond donors (Lipinski definition) is 2. The minimum Gasteiger partial charge on any atom is -0.493 e. The summed E-state index contributed by atoms with van der Waals surface area (Å²) in [7, 11) is 1.31. The first-order chi connectivity index (χ1) is 6.99. The second-order valence-corrected chi connectivity index (χ2v) is 3.69. The van der Waals surface area contributed by atoms with Crippen molar-refractivity contribution in [1.82, 2.24) is 0 Å². The SMILES string of the molecule is COc1c(C(O)C(C)N)ccc(Cl)c1F. The van der Waals surface area contributed by atoms with Crippen LogP contribution in [-0.4, -0.2) is 18.3 Å². The Balaban J connectivity index is 3.24. The van der Waals surface area contributed by atoms with E-state index in [2.05, 4.69) is 0 Å². The van der Waals surface area contributed by atoms with Crippen molar-refractivity contribution in [2.75, 3.05) is 7.11 Å². The molecule has 0 bridgehead atoms. The molecule has 0 radical (unpaired) electrons. The highest BCUT2D eigenvalue weighted by atomic mass is 35.5. The van der Waals surface area contributed by atoms with E-state index in [1.807, 2.05) is 0 Å². The van der Waals surface area contributed by atoms with Gasteiger partial charge in [-0.3, -0.25) is 0 Å². The summed E-state index contributed by atoms with van der Waals surface area (Å²) in [5, 5.41) is 9.66. The van der Waals surface area contributed by atoms with Gasteiger partial charge in [-0.1, -0.05) is 17.7 Å². The van der Waals surface area contributed by atoms with E-state index in [0.29, 0.717) is 5.56 Å². The molecule has 2 atom stereocenters. The highest BCUT2D eigenvalue weighted by Crippen LogP contribution is 2.33. The van der Waals surface area contributed by atoms with Crippen molar-refractivity contribution in [2.45, 2.75) is 19.1 Å². The summed E-state index contributed by atoms with van der Waals surface area (Å²) in [6.45, 7) is 1.62. The van der Waals surface area contributed by atoms with Crippen molar-refractivity contribution >= 4 is 11.6 Å². The molecule has 0 fully saturated rings. The Kier molecular flexibility index (Phi) is 3.90. The van der Waals surface area contributed by atoms with Crippen molar-refractivity contribution < 1.29 is 14.2 Å². The van der Waals surface area contributed by atoms with Gasteiger partial charge in [0.2, 0.25) is 0 Å². The topological polar surface area (TPSA) is 55.5 Å². The second kappa shape index (κ2) is 4.79. The van der Waals surface area contributed by atoms with Gasteiger partial charge in [-0.2, -0.15) is 0 Å². The van der Waals surface area contributed by atoms with Gasteiger partial charge in [0.05, 0.1) is 18.2 Å². The molecule has 0 aromatic heterocycles. The maximum absolute atomic E-state index is 13.5. The van der Waals surface area contributed by atoms with Crippen LogP contribution in [0.3, 0.4) is 0 Å². The Labute approximate surface area is 92.6 Å². The molecular weight excluding hydrogens is 221 g/mol. The molecule has 0 saturated heterocycles. The summed E-state index contributed by atoms with van der Waals surface area (Å²) >= 11 is 5.58. The van der Waals surface area contributed by atoms with Crippen LogP contribution in [0.1, 0.15) is 18.6 Å². The lowest BCUT2D eigenvalue weighted by molar-refractivity contribution is 0.148. The molecule has 0 spiro atoms. The van der Waals surface area contributed by atoms with Crippen molar-refractivity contribution in [3.8, 4) is 5.75 Å². The summed E-state index contributed by atoms with van der Waals surface area (Å²) in [6, 6.07) is 2.35. The van der Waals surface area contributed by atoms with E-state index in [4.69, 9.17) is 22.1 Å². The zero-order valence-electron chi connectivity index (χ0n) is 8.50. The van der Waals surface area contributed by atoms with Crippen molar-refractivity contribution in [3.63, 3.8) is 0 Å². The van der Waals surface area contributed by atoms with Gasteiger partial charge in [-0.15, -0.1) is 0 Å². The van der Waals surface area contributed by atoms with E-state index < -0.39 is 18.0 Å². The number of aliphatic hydroxyl groups excluding tert-OH is 1. The fraction of sp³-hybridized carbons (Fsp3) is 0.400. The van der Waals surface area contributed by atoms with Crippen LogP contribution in [-0.2, 0) is 0 Å². The molecule has 2 unspecified atom stereocenters. The van der Waals surface area contributed by atoms with Gasteiger partial charge in [0.25, 0.3) is 0 Å². The lowest BCUT2D eigenvalue weighted by Gasteiger charge is -2.18. The fourth-order valence-corrected chi connectivity index (χ4v) is 1.42. The molecule has 0 heterocycles. The van der Waals surface area contributed by atoms with E-state index in [1.165, 1.54) is 19.2 Å². The number of hydrogen-bond acceptors (Lipinski definition) is 3. The zero-order chi connectivity index (χ0) is 11.6. The monoisotopic (exact) mass is 233 g/mol. The first-order valence-corrected chi connectivity index (χ1v) is 4.82. The number of methoxy groups -OCH3 is 1. The molecule has 1 aromatic carbocycles. The number of nitrogens with two attached hydrogens (primary N) is 1. The van der Waals surface area contributed by atoms with E-state index in [9.17, 15) is 9.50 Å². The number of halogens is 2. The zero-order valence-corrected chi connectivity index (χ0v) is 9.25. The first-order valence-electron chi connectivity index (χ1n) is 4.44. The van der Waals surface area contributed by atoms with E-state index in [-0.39, 0.29) is 10.8 Å². The van der Waals surface area contributed by atoms with Crippen LogP contribution < -0.4 is 10.5 Å². The largest absolute Gasteiger partial charge is 0.493 e. The molecule has 15 heavy (non-hydrogen) atoms. The molecule has 0 saturated carbocycles. The van der Waals surface area contributed by atoms with Gasteiger partial charge < -0.3 is 15.6 Å². The van der Waals surface area contributed by atoms with Crippen LogP contribution in [0.25, 0.3) is 0 Å². The van der Waals surface area contributed by atoms with Gasteiger partial charge in [0.15, 0.2) is 11.6 Å². The fourth-order valence-electron chi connectivity index (χ4n) is 1.27. The van der Waals surface area contributed by atoms with E-state index in [0.717, 1.165) is 0 Å². The molecule has 0 aliphatic rings. The average Bonchev–Trinajstić information content (AvgIpc) is 2.20. The first kappa shape index (κ1) is 12.2. The summed E-state index contributed by atoms with van der Waals surface area (Å²) in [6.07, 6.45) is -0.980. The third kappa shape index (κ3) is 2.40. The molecule has 3 N–H and O–H groups in total. The Hall–Kier alpha value is -0.840. The quantitative estimate of drug-likeness (QED) is 0.838. The number of benzene rings is 1. The van der Waals surface area contributed by atoms with Crippen LogP contribution in [0.2, 0.25) is 5.02 Å². The maximum Gasteiger partial charge on any atom is 0.183 e.